The lowest BCUT2D eigenvalue weighted by atomic mass is 9.74. The van der Waals surface area contributed by atoms with Gasteiger partial charge in [-0.05, 0) is 36.0 Å². The van der Waals surface area contributed by atoms with E-state index in [2.05, 4.69) is 52.9 Å². The highest BCUT2D eigenvalue weighted by Crippen LogP contribution is 2.39. The number of alkyl halides is 1. The lowest BCUT2D eigenvalue weighted by Gasteiger charge is -2.42. The number of rotatable bonds is 4. The van der Waals surface area contributed by atoms with Gasteiger partial charge in [0.15, 0.2) is 0 Å². The Morgan fingerprint density at radius 1 is 1.21 bits per heavy atom. The highest BCUT2D eigenvalue weighted by molar-refractivity contribution is 9.08. The van der Waals surface area contributed by atoms with Crippen molar-refractivity contribution in [1.82, 2.24) is 0 Å². The molecule has 1 aliphatic rings. The highest BCUT2D eigenvalue weighted by Gasteiger charge is 2.31. The van der Waals surface area contributed by atoms with Crippen LogP contribution in [0, 0.1) is 5.41 Å². The molecule has 0 spiro atoms. The third-order valence-corrected chi connectivity index (χ3v) is 5.83. The molecule has 0 unspecified atom stereocenters. The molecule has 0 atom stereocenters. The van der Waals surface area contributed by atoms with Crippen LogP contribution in [0.25, 0.3) is 0 Å². The molecule has 1 heterocycles. The zero-order valence-corrected chi connectivity index (χ0v) is 14.2. The summed E-state index contributed by atoms with van der Waals surface area (Å²) in [7, 11) is 0. The van der Waals surface area contributed by atoms with Gasteiger partial charge in [-0.15, -0.1) is 0 Å². The maximum Gasteiger partial charge on any atom is 0.0467 e. The second-order valence-electron chi connectivity index (χ2n) is 5.60. The monoisotopic (exact) mass is 343 g/mol. The quantitative estimate of drug-likeness (QED) is 0.639. The summed E-state index contributed by atoms with van der Waals surface area (Å²) < 4.78 is 0. The minimum atomic E-state index is 0.579. The second kappa shape index (κ2) is 6.49. The van der Waals surface area contributed by atoms with Crippen LogP contribution in [0.15, 0.2) is 18.2 Å². The Labute approximate surface area is 130 Å². The molecule has 1 saturated heterocycles. The molecule has 0 aliphatic carbocycles. The number of halogens is 2. The Hall–Kier alpha value is -0.210. The maximum absolute atomic E-state index is 6.30. The molecule has 1 nitrogen and oxygen atoms in total. The van der Waals surface area contributed by atoms with Gasteiger partial charge in [0.2, 0.25) is 0 Å². The molecule has 0 saturated carbocycles. The first-order valence-corrected chi connectivity index (χ1v) is 8.73. The normalized spacial score (nSPS) is 18.6. The summed E-state index contributed by atoms with van der Waals surface area (Å²) >= 11 is 9.77. The third kappa shape index (κ3) is 3.28. The van der Waals surface area contributed by atoms with Crippen LogP contribution in [0.3, 0.4) is 0 Å². The standard InChI is InChI=1S/C16H23BrClN/c1-3-16(4-2)7-9-19(10-8-16)14-6-5-13(12-17)15(18)11-14/h5-6,11H,3-4,7-10,12H2,1-2H3. The molecule has 106 valence electrons. The third-order valence-electron chi connectivity index (χ3n) is 4.87. The van der Waals surface area contributed by atoms with Crippen LogP contribution in [0.1, 0.15) is 45.1 Å². The summed E-state index contributed by atoms with van der Waals surface area (Å²) in [5, 5.41) is 1.69. The van der Waals surface area contributed by atoms with Crippen LogP contribution in [0.4, 0.5) is 5.69 Å². The minimum absolute atomic E-state index is 0.579. The van der Waals surface area contributed by atoms with E-state index in [-0.39, 0.29) is 0 Å². The molecular formula is C16H23BrClN. The summed E-state index contributed by atoms with van der Waals surface area (Å²) in [4.78, 5) is 2.48. The van der Waals surface area contributed by atoms with Crippen molar-refractivity contribution in [3.05, 3.63) is 28.8 Å². The van der Waals surface area contributed by atoms with E-state index in [1.165, 1.54) is 36.9 Å². The smallest absolute Gasteiger partial charge is 0.0467 e. The van der Waals surface area contributed by atoms with Gasteiger partial charge in [0.05, 0.1) is 0 Å². The van der Waals surface area contributed by atoms with Crippen molar-refractivity contribution in [2.24, 2.45) is 5.41 Å². The molecule has 0 amide bonds. The lowest BCUT2D eigenvalue weighted by Crippen LogP contribution is -2.39. The van der Waals surface area contributed by atoms with Crippen LogP contribution in [-0.4, -0.2) is 13.1 Å². The Morgan fingerprint density at radius 3 is 2.32 bits per heavy atom. The number of benzene rings is 1. The van der Waals surface area contributed by atoms with Crippen LogP contribution in [-0.2, 0) is 5.33 Å². The largest absolute Gasteiger partial charge is 0.371 e. The molecule has 0 aromatic heterocycles. The number of hydrogen-bond acceptors (Lipinski definition) is 1. The average molecular weight is 345 g/mol. The van der Waals surface area contributed by atoms with Gasteiger partial charge in [-0.3, -0.25) is 0 Å². The Kier molecular flexibility index (Phi) is 5.19. The fraction of sp³-hybridized carbons (Fsp3) is 0.625. The Bertz CT molecular complexity index is 419. The number of nitrogens with zero attached hydrogens (tertiary/aromatic N) is 1. The van der Waals surface area contributed by atoms with E-state index in [9.17, 15) is 0 Å². The molecule has 1 aromatic rings. The molecule has 1 aliphatic heterocycles. The number of piperidine rings is 1. The van der Waals surface area contributed by atoms with Gasteiger partial charge in [0.1, 0.15) is 0 Å². The van der Waals surface area contributed by atoms with Gasteiger partial charge in [0, 0.05) is 29.1 Å². The molecule has 2 rings (SSSR count). The van der Waals surface area contributed by atoms with Crippen molar-refractivity contribution in [3.8, 4) is 0 Å². The SMILES string of the molecule is CCC1(CC)CCN(c2ccc(CBr)c(Cl)c2)CC1. The molecule has 0 radical (unpaired) electrons. The first-order chi connectivity index (χ1) is 9.14. The summed E-state index contributed by atoms with van der Waals surface area (Å²) in [5.74, 6) is 0. The van der Waals surface area contributed by atoms with Crippen molar-refractivity contribution in [2.75, 3.05) is 18.0 Å². The lowest BCUT2D eigenvalue weighted by molar-refractivity contribution is 0.199. The van der Waals surface area contributed by atoms with E-state index in [0.29, 0.717) is 5.41 Å². The van der Waals surface area contributed by atoms with Gasteiger partial charge in [-0.2, -0.15) is 0 Å². The van der Waals surface area contributed by atoms with Crippen LogP contribution < -0.4 is 4.90 Å². The van der Waals surface area contributed by atoms with E-state index in [4.69, 9.17) is 11.6 Å². The van der Waals surface area contributed by atoms with Gasteiger partial charge >= 0.3 is 0 Å². The first-order valence-electron chi connectivity index (χ1n) is 7.23. The minimum Gasteiger partial charge on any atom is -0.371 e. The maximum atomic E-state index is 6.30. The van der Waals surface area contributed by atoms with Crippen molar-refractivity contribution < 1.29 is 0 Å². The summed E-state index contributed by atoms with van der Waals surface area (Å²) in [6, 6.07) is 6.45. The summed E-state index contributed by atoms with van der Waals surface area (Å²) in [6.07, 6.45) is 5.22. The fourth-order valence-corrected chi connectivity index (χ4v) is 3.93. The molecule has 1 fully saturated rings. The van der Waals surface area contributed by atoms with Gasteiger partial charge < -0.3 is 4.90 Å². The Balaban J connectivity index is 2.07. The number of hydrogen-bond donors (Lipinski definition) is 0. The molecule has 0 N–H and O–H groups in total. The fourth-order valence-electron chi connectivity index (χ4n) is 3.04. The summed E-state index contributed by atoms with van der Waals surface area (Å²) in [6.45, 7) is 6.99. The van der Waals surface area contributed by atoms with Crippen molar-refractivity contribution in [3.63, 3.8) is 0 Å². The van der Waals surface area contributed by atoms with E-state index < -0.39 is 0 Å². The van der Waals surface area contributed by atoms with E-state index in [1.54, 1.807) is 0 Å². The molecule has 1 aromatic carbocycles. The van der Waals surface area contributed by atoms with E-state index in [0.717, 1.165) is 23.4 Å². The van der Waals surface area contributed by atoms with Crippen molar-refractivity contribution in [2.45, 2.75) is 44.9 Å². The van der Waals surface area contributed by atoms with Gasteiger partial charge in [-0.1, -0.05) is 60.3 Å². The average Bonchev–Trinajstić information content (AvgIpc) is 2.47. The molecule has 19 heavy (non-hydrogen) atoms. The van der Waals surface area contributed by atoms with Crippen LogP contribution in [0.2, 0.25) is 5.02 Å². The Morgan fingerprint density at radius 2 is 1.84 bits per heavy atom. The number of anilines is 1. The zero-order valence-electron chi connectivity index (χ0n) is 11.9. The van der Waals surface area contributed by atoms with E-state index >= 15 is 0 Å². The van der Waals surface area contributed by atoms with E-state index in [1.807, 2.05) is 0 Å². The molecule has 0 bridgehead atoms. The molecule has 3 heteroatoms. The topological polar surface area (TPSA) is 3.24 Å². The zero-order chi connectivity index (χ0) is 13.9. The van der Waals surface area contributed by atoms with Crippen molar-refractivity contribution in [1.29, 1.82) is 0 Å². The van der Waals surface area contributed by atoms with Gasteiger partial charge in [-0.25, -0.2) is 0 Å². The molecular weight excluding hydrogens is 322 g/mol. The summed E-state index contributed by atoms with van der Waals surface area (Å²) in [5.41, 5.74) is 3.02. The predicted molar refractivity (Wildman–Crippen MR) is 88.5 cm³/mol. The van der Waals surface area contributed by atoms with Crippen molar-refractivity contribution >= 4 is 33.2 Å². The van der Waals surface area contributed by atoms with Gasteiger partial charge in [0.25, 0.3) is 0 Å². The van der Waals surface area contributed by atoms with Crippen LogP contribution in [0.5, 0.6) is 0 Å². The first kappa shape index (κ1) is 15.2. The van der Waals surface area contributed by atoms with Crippen LogP contribution >= 0.6 is 27.5 Å². The highest BCUT2D eigenvalue weighted by atomic mass is 79.9. The predicted octanol–water partition coefficient (Wildman–Crippen LogP) is 5.64. The second-order valence-corrected chi connectivity index (χ2v) is 6.57.